The van der Waals surface area contributed by atoms with Crippen molar-refractivity contribution in [1.82, 2.24) is 5.43 Å². The van der Waals surface area contributed by atoms with Crippen molar-refractivity contribution in [2.45, 2.75) is 51.0 Å². The summed E-state index contributed by atoms with van der Waals surface area (Å²) in [4.78, 5) is 0. The van der Waals surface area contributed by atoms with Gasteiger partial charge in [-0.1, -0.05) is 49.4 Å². The van der Waals surface area contributed by atoms with Crippen LogP contribution >= 0.6 is 11.6 Å². The molecule has 1 atom stereocenters. The third-order valence-corrected chi connectivity index (χ3v) is 4.28. The molecule has 1 aromatic rings. The zero-order chi connectivity index (χ0) is 12.8. The highest BCUT2D eigenvalue weighted by atomic mass is 35.5. The van der Waals surface area contributed by atoms with Crippen LogP contribution in [0.5, 0.6) is 0 Å². The maximum atomic E-state index is 5.89. The highest BCUT2D eigenvalue weighted by Gasteiger charge is 2.17. The van der Waals surface area contributed by atoms with E-state index in [-0.39, 0.29) is 0 Å². The fraction of sp³-hybridized carbons (Fsp3) is 0.600. The Bertz CT molecular complexity index is 344. The van der Waals surface area contributed by atoms with Gasteiger partial charge in [0.25, 0.3) is 0 Å². The number of nitrogens with two attached hydrogens (primary N) is 1. The molecule has 18 heavy (non-hydrogen) atoms. The molecule has 1 aromatic carbocycles. The van der Waals surface area contributed by atoms with Crippen molar-refractivity contribution in [1.29, 1.82) is 0 Å². The highest BCUT2D eigenvalue weighted by molar-refractivity contribution is 6.30. The van der Waals surface area contributed by atoms with Crippen molar-refractivity contribution < 1.29 is 0 Å². The predicted molar refractivity (Wildman–Crippen MR) is 77.5 cm³/mol. The second kappa shape index (κ2) is 7.13. The van der Waals surface area contributed by atoms with Crippen molar-refractivity contribution in [2.75, 3.05) is 0 Å². The Morgan fingerprint density at radius 1 is 1.22 bits per heavy atom. The molecule has 0 radical (unpaired) electrons. The molecule has 1 fully saturated rings. The monoisotopic (exact) mass is 266 g/mol. The van der Waals surface area contributed by atoms with Crippen LogP contribution in [0, 0.1) is 5.92 Å². The van der Waals surface area contributed by atoms with Crippen LogP contribution in [0.2, 0.25) is 5.02 Å². The lowest BCUT2D eigenvalue weighted by atomic mass is 9.95. The topological polar surface area (TPSA) is 38.0 Å². The lowest BCUT2D eigenvalue weighted by molar-refractivity contribution is 0.407. The van der Waals surface area contributed by atoms with Crippen LogP contribution in [0.4, 0.5) is 0 Å². The Labute approximate surface area is 115 Å². The van der Waals surface area contributed by atoms with E-state index >= 15 is 0 Å². The van der Waals surface area contributed by atoms with E-state index in [9.17, 15) is 0 Å². The SMILES string of the molecule is NNC(CCC1CCCC1)Cc1ccc(Cl)cc1. The maximum absolute atomic E-state index is 5.89. The summed E-state index contributed by atoms with van der Waals surface area (Å²) in [5.74, 6) is 6.60. The molecule has 1 aliphatic carbocycles. The van der Waals surface area contributed by atoms with Crippen molar-refractivity contribution in [2.24, 2.45) is 11.8 Å². The van der Waals surface area contributed by atoms with Gasteiger partial charge in [0.05, 0.1) is 0 Å². The number of nitrogens with one attached hydrogen (secondary N) is 1. The average Bonchev–Trinajstić information content (AvgIpc) is 2.90. The normalized spacial score (nSPS) is 18.1. The fourth-order valence-electron chi connectivity index (χ4n) is 2.89. The van der Waals surface area contributed by atoms with E-state index < -0.39 is 0 Å². The molecule has 0 aliphatic heterocycles. The summed E-state index contributed by atoms with van der Waals surface area (Å²) in [6, 6.07) is 8.44. The summed E-state index contributed by atoms with van der Waals surface area (Å²) in [6.45, 7) is 0. The van der Waals surface area contributed by atoms with Gasteiger partial charge in [0.1, 0.15) is 0 Å². The summed E-state index contributed by atoms with van der Waals surface area (Å²) < 4.78 is 0. The molecule has 3 heteroatoms. The van der Waals surface area contributed by atoms with Crippen LogP contribution < -0.4 is 11.3 Å². The molecule has 0 amide bonds. The van der Waals surface area contributed by atoms with Crippen molar-refractivity contribution in [3.05, 3.63) is 34.9 Å². The smallest absolute Gasteiger partial charge is 0.0406 e. The molecule has 100 valence electrons. The molecule has 2 nitrogen and oxygen atoms in total. The van der Waals surface area contributed by atoms with E-state index in [4.69, 9.17) is 17.4 Å². The molecule has 0 heterocycles. The zero-order valence-electron chi connectivity index (χ0n) is 10.9. The second-order valence-corrected chi connectivity index (χ2v) is 5.86. The van der Waals surface area contributed by atoms with E-state index in [1.54, 1.807) is 0 Å². The second-order valence-electron chi connectivity index (χ2n) is 5.42. The summed E-state index contributed by atoms with van der Waals surface area (Å²) in [5.41, 5.74) is 4.26. The van der Waals surface area contributed by atoms with Gasteiger partial charge in [0.15, 0.2) is 0 Å². The lowest BCUT2D eigenvalue weighted by Gasteiger charge is -2.18. The Balaban J connectivity index is 1.79. The molecule has 1 unspecified atom stereocenters. The Morgan fingerprint density at radius 3 is 2.50 bits per heavy atom. The quantitative estimate of drug-likeness (QED) is 0.609. The number of hydrogen-bond acceptors (Lipinski definition) is 2. The van der Waals surface area contributed by atoms with Crippen LogP contribution in [-0.4, -0.2) is 6.04 Å². The molecule has 1 saturated carbocycles. The van der Waals surface area contributed by atoms with Gasteiger partial charge in [0.2, 0.25) is 0 Å². The number of benzene rings is 1. The van der Waals surface area contributed by atoms with E-state index in [0.717, 1.165) is 17.4 Å². The van der Waals surface area contributed by atoms with Crippen LogP contribution in [0.15, 0.2) is 24.3 Å². The number of hydrogen-bond donors (Lipinski definition) is 2. The summed E-state index contributed by atoms with van der Waals surface area (Å²) in [6.07, 6.45) is 9.13. The molecule has 0 spiro atoms. The first-order valence-corrected chi connectivity index (χ1v) is 7.36. The molecule has 0 aromatic heterocycles. The average molecular weight is 267 g/mol. The molecule has 0 bridgehead atoms. The number of halogens is 1. The number of hydrazine groups is 1. The van der Waals surface area contributed by atoms with Crippen LogP contribution in [0.1, 0.15) is 44.1 Å². The zero-order valence-corrected chi connectivity index (χ0v) is 11.6. The minimum absolute atomic E-state index is 0.381. The summed E-state index contributed by atoms with van der Waals surface area (Å²) >= 11 is 5.89. The van der Waals surface area contributed by atoms with E-state index in [1.165, 1.54) is 44.1 Å². The molecular formula is C15H23ClN2. The standard InChI is InChI=1S/C15H23ClN2/c16-14-8-5-13(6-9-14)11-15(18-17)10-7-12-3-1-2-4-12/h5-6,8-9,12,15,18H,1-4,7,10-11,17H2. The van der Waals surface area contributed by atoms with E-state index in [2.05, 4.69) is 17.6 Å². The van der Waals surface area contributed by atoms with Gasteiger partial charge < -0.3 is 0 Å². The minimum Gasteiger partial charge on any atom is -0.271 e. The molecule has 3 N–H and O–H groups in total. The highest BCUT2D eigenvalue weighted by Crippen LogP contribution is 2.29. The molecule has 1 aliphatic rings. The summed E-state index contributed by atoms with van der Waals surface area (Å²) in [5, 5.41) is 0.793. The number of rotatable bonds is 6. The predicted octanol–water partition coefficient (Wildman–Crippen LogP) is 3.68. The van der Waals surface area contributed by atoms with Crippen molar-refractivity contribution in [3.63, 3.8) is 0 Å². The third-order valence-electron chi connectivity index (χ3n) is 4.03. The first kappa shape index (κ1) is 13.9. The maximum Gasteiger partial charge on any atom is 0.0406 e. The van der Waals surface area contributed by atoms with Crippen molar-refractivity contribution >= 4 is 11.6 Å². The first-order valence-electron chi connectivity index (χ1n) is 6.98. The van der Waals surface area contributed by atoms with Gasteiger partial charge in [-0.3, -0.25) is 11.3 Å². The van der Waals surface area contributed by atoms with Gasteiger partial charge >= 0.3 is 0 Å². The van der Waals surface area contributed by atoms with Gasteiger partial charge in [0, 0.05) is 11.1 Å². The van der Waals surface area contributed by atoms with Gasteiger partial charge in [-0.2, -0.15) is 0 Å². The van der Waals surface area contributed by atoms with E-state index in [0.29, 0.717) is 6.04 Å². The third kappa shape index (κ3) is 4.27. The Hall–Kier alpha value is -0.570. The Morgan fingerprint density at radius 2 is 1.89 bits per heavy atom. The minimum atomic E-state index is 0.381. The molecule has 0 saturated heterocycles. The van der Waals surface area contributed by atoms with E-state index in [1.807, 2.05) is 12.1 Å². The van der Waals surface area contributed by atoms with Crippen molar-refractivity contribution in [3.8, 4) is 0 Å². The summed E-state index contributed by atoms with van der Waals surface area (Å²) in [7, 11) is 0. The van der Waals surface area contributed by atoms with Crippen LogP contribution in [-0.2, 0) is 6.42 Å². The Kier molecular flexibility index (Phi) is 5.48. The fourth-order valence-corrected chi connectivity index (χ4v) is 3.01. The van der Waals surface area contributed by atoms with Gasteiger partial charge in [-0.15, -0.1) is 0 Å². The lowest BCUT2D eigenvalue weighted by Crippen LogP contribution is -2.37. The van der Waals surface area contributed by atoms with Gasteiger partial charge in [-0.25, -0.2) is 0 Å². The largest absolute Gasteiger partial charge is 0.271 e. The van der Waals surface area contributed by atoms with Crippen LogP contribution in [0.3, 0.4) is 0 Å². The van der Waals surface area contributed by atoms with Crippen LogP contribution in [0.25, 0.3) is 0 Å². The molecular weight excluding hydrogens is 244 g/mol. The first-order chi connectivity index (χ1) is 8.78. The molecule has 2 rings (SSSR count). The van der Waals surface area contributed by atoms with Gasteiger partial charge in [-0.05, 0) is 42.9 Å².